The van der Waals surface area contributed by atoms with Gasteiger partial charge in [-0.2, -0.15) is 5.10 Å². The summed E-state index contributed by atoms with van der Waals surface area (Å²) in [4.78, 5) is 12.8. The van der Waals surface area contributed by atoms with E-state index in [2.05, 4.69) is 37.1 Å². The summed E-state index contributed by atoms with van der Waals surface area (Å²) in [6, 6.07) is 19.9. The Bertz CT molecular complexity index is 1340. The van der Waals surface area contributed by atoms with E-state index in [4.69, 9.17) is 11.2 Å². The number of ether oxygens (including phenoxy) is 1. The molecule has 3 aromatic carbocycles. The first-order valence-corrected chi connectivity index (χ1v) is 12.9. The topological polar surface area (TPSA) is 96.9 Å². The van der Waals surface area contributed by atoms with Gasteiger partial charge < -0.3 is 4.74 Å². The zero-order valence-corrected chi connectivity index (χ0v) is 21.3. The van der Waals surface area contributed by atoms with Crippen molar-refractivity contribution in [3.8, 4) is 18.1 Å². The van der Waals surface area contributed by atoms with Crippen LogP contribution >= 0.6 is 15.9 Å². The van der Waals surface area contributed by atoms with Gasteiger partial charge in [-0.3, -0.25) is 4.79 Å². The third-order valence-electron chi connectivity index (χ3n) is 4.90. The van der Waals surface area contributed by atoms with Crippen LogP contribution in [-0.4, -0.2) is 27.1 Å². The number of hydrogen-bond acceptors (Lipinski definition) is 5. The van der Waals surface area contributed by atoms with Gasteiger partial charge in [0, 0.05) is 16.5 Å². The van der Waals surface area contributed by atoms with Crippen molar-refractivity contribution in [3.05, 3.63) is 94.0 Å². The second-order valence-electron chi connectivity index (χ2n) is 7.57. The molecule has 3 aromatic rings. The molecule has 0 heterocycles. The van der Waals surface area contributed by atoms with Crippen LogP contribution in [0.25, 0.3) is 0 Å². The van der Waals surface area contributed by atoms with Crippen molar-refractivity contribution >= 4 is 38.1 Å². The summed E-state index contributed by atoms with van der Waals surface area (Å²) in [6.07, 6.45) is 6.53. The first kappa shape index (κ1) is 26.2. The first-order chi connectivity index (χ1) is 16.8. The Kier molecular flexibility index (Phi) is 9.20. The van der Waals surface area contributed by atoms with E-state index in [9.17, 15) is 13.2 Å². The SMILES string of the molecule is C#CCOc1ccc(Br)cc1/C=N/NC(=O)CC(NS(=O)(=O)c1ccc(C)cc1)c1ccccc1. The van der Waals surface area contributed by atoms with Crippen LogP contribution in [0.3, 0.4) is 0 Å². The molecule has 0 aliphatic carbocycles. The Balaban J connectivity index is 1.74. The van der Waals surface area contributed by atoms with Crippen LogP contribution in [0.15, 0.2) is 87.3 Å². The fraction of sp³-hybridized carbons (Fsp3) is 0.154. The quantitative estimate of drug-likeness (QED) is 0.222. The molecule has 0 bridgehead atoms. The maximum Gasteiger partial charge on any atom is 0.242 e. The van der Waals surface area contributed by atoms with Crippen molar-refractivity contribution in [2.24, 2.45) is 5.10 Å². The fourth-order valence-electron chi connectivity index (χ4n) is 3.16. The zero-order valence-electron chi connectivity index (χ0n) is 18.9. The number of amides is 1. The van der Waals surface area contributed by atoms with Crippen molar-refractivity contribution in [1.29, 1.82) is 0 Å². The minimum absolute atomic E-state index is 0.0920. The third-order valence-corrected chi connectivity index (χ3v) is 6.88. The molecule has 2 N–H and O–H groups in total. The lowest BCUT2D eigenvalue weighted by Crippen LogP contribution is -2.32. The summed E-state index contributed by atoms with van der Waals surface area (Å²) in [5, 5.41) is 4.01. The number of sulfonamides is 1. The molecule has 1 atom stereocenters. The Morgan fingerprint density at radius 1 is 1.14 bits per heavy atom. The van der Waals surface area contributed by atoms with Gasteiger partial charge in [-0.15, -0.1) is 6.42 Å². The molecule has 0 radical (unpaired) electrons. The van der Waals surface area contributed by atoms with E-state index in [1.165, 1.54) is 18.3 Å². The number of carbonyl (C=O) groups excluding carboxylic acids is 1. The molecule has 35 heavy (non-hydrogen) atoms. The van der Waals surface area contributed by atoms with Crippen LogP contribution in [0.1, 0.15) is 29.2 Å². The second-order valence-corrected chi connectivity index (χ2v) is 10.2. The summed E-state index contributed by atoms with van der Waals surface area (Å²) in [6.45, 7) is 1.97. The molecule has 0 saturated carbocycles. The van der Waals surface area contributed by atoms with Gasteiger partial charge in [-0.05, 0) is 42.8 Å². The molecule has 0 aliphatic rings. The lowest BCUT2D eigenvalue weighted by Gasteiger charge is -2.18. The summed E-state index contributed by atoms with van der Waals surface area (Å²) in [7, 11) is -3.86. The van der Waals surface area contributed by atoms with Gasteiger partial charge in [0.15, 0.2) is 0 Å². The Labute approximate surface area is 213 Å². The van der Waals surface area contributed by atoms with E-state index in [1.807, 2.05) is 13.0 Å². The van der Waals surface area contributed by atoms with E-state index < -0.39 is 22.0 Å². The van der Waals surface area contributed by atoms with Gasteiger partial charge in [-0.1, -0.05) is 69.9 Å². The van der Waals surface area contributed by atoms with Gasteiger partial charge in [0.1, 0.15) is 12.4 Å². The molecule has 9 heteroatoms. The van der Waals surface area contributed by atoms with Gasteiger partial charge in [0.25, 0.3) is 0 Å². The molecule has 0 aliphatic heterocycles. The molecule has 0 aromatic heterocycles. The number of nitrogens with one attached hydrogen (secondary N) is 2. The van der Waals surface area contributed by atoms with Crippen LogP contribution in [0.5, 0.6) is 5.75 Å². The minimum atomic E-state index is -3.86. The van der Waals surface area contributed by atoms with Gasteiger partial charge in [0.05, 0.1) is 17.2 Å². The summed E-state index contributed by atoms with van der Waals surface area (Å²) in [5.41, 5.74) is 4.65. The zero-order chi connectivity index (χ0) is 25.3. The third kappa shape index (κ3) is 7.79. The van der Waals surface area contributed by atoms with E-state index in [0.717, 1.165) is 10.0 Å². The van der Waals surface area contributed by atoms with Crippen molar-refractivity contribution in [2.75, 3.05) is 6.61 Å². The van der Waals surface area contributed by atoms with Crippen molar-refractivity contribution in [2.45, 2.75) is 24.3 Å². The van der Waals surface area contributed by atoms with Crippen molar-refractivity contribution < 1.29 is 17.9 Å². The van der Waals surface area contributed by atoms with E-state index in [0.29, 0.717) is 16.9 Å². The maximum atomic E-state index is 13.0. The molecular weight excluding hydrogens is 530 g/mol. The van der Waals surface area contributed by atoms with Crippen LogP contribution in [-0.2, 0) is 14.8 Å². The van der Waals surface area contributed by atoms with Crippen LogP contribution in [0, 0.1) is 19.3 Å². The molecule has 1 unspecified atom stereocenters. The average molecular weight is 554 g/mol. The molecule has 7 nitrogen and oxygen atoms in total. The molecular formula is C26H24BrN3O4S. The lowest BCUT2D eigenvalue weighted by molar-refractivity contribution is -0.121. The van der Waals surface area contributed by atoms with Crippen molar-refractivity contribution in [3.63, 3.8) is 0 Å². The molecule has 180 valence electrons. The number of rotatable bonds is 10. The molecule has 0 spiro atoms. The van der Waals surface area contributed by atoms with E-state index >= 15 is 0 Å². The van der Waals surface area contributed by atoms with E-state index in [-0.39, 0.29) is 17.9 Å². The number of benzene rings is 3. The highest BCUT2D eigenvalue weighted by Crippen LogP contribution is 2.22. The summed E-state index contributed by atoms with van der Waals surface area (Å²) < 4.78 is 34.8. The largest absolute Gasteiger partial charge is 0.480 e. The number of carbonyl (C=O) groups is 1. The number of terminal acetylenes is 1. The number of aryl methyl sites for hydroxylation is 1. The highest BCUT2D eigenvalue weighted by atomic mass is 79.9. The van der Waals surface area contributed by atoms with Crippen LogP contribution in [0.4, 0.5) is 0 Å². The first-order valence-electron chi connectivity index (χ1n) is 10.6. The monoisotopic (exact) mass is 553 g/mol. The Morgan fingerprint density at radius 2 is 1.86 bits per heavy atom. The fourth-order valence-corrected chi connectivity index (χ4v) is 4.76. The van der Waals surface area contributed by atoms with Gasteiger partial charge in [0.2, 0.25) is 15.9 Å². The number of hydrazone groups is 1. The maximum absolute atomic E-state index is 13.0. The number of hydrogen-bond donors (Lipinski definition) is 2. The lowest BCUT2D eigenvalue weighted by atomic mass is 10.0. The standard InChI is InChI=1S/C26H24BrN3O4S/c1-3-15-34-25-14-11-22(27)16-21(25)18-28-29-26(31)17-24(20-7-5-4-6-8-20)30-35(32,33)23-12-9-19(2)10-13-23/h1,4-14,16,18,24,30H,15,17H2,2H3,(H,29,31)/b28-18+. The smallest absolute Gasteiger partial charge is 0.242 e. The second kappa shape index (κ2) is 12.3. The van der Waals surface area contributed by atoms with Gasteiger partial charge >= 0.3 is 0 Å². The molecule has 0 fully saturated rings. The number of nitrogens with zero attached hydrogens (tertiary/aromatic N) is 1. The predicted molar refractivity (Wildman–Crippen MR) is 140 cm³/mol. The molecule has 3 rings (SSSR count). The summed E-state index contributed by atoms with van der Waals surface area (Å²) >= 11 is 3.38. The Hall–Kier alpha value is -3.45. The molecule has 0 saturated heterocycles. The van der Waals surface area contributed by atoms with Gasteiger partial charge in [-0.25, -0.2) is 18.6 Å². The highest BCUT2D eigenvalue weighted by Gasteiger charge is 2.23. The predicted octanol–water partition coefficient (Wildman–Crippen LogP) is 4.33. The summed E-state index contributed by atoms with van der Waals surface area (Å²) in [5.74, 6) is 2.44. The minimum Gasteiger partial charge on any atom is -0.480 e. The van der Waals surface area contributed by atoms with E-state index in [1.54, 1.807) is 54.6 Å². The Morgan fingerprint density at radius 3 is 2.54 bits per heavy atom. The molecule has 1 amide bonds. The average Bonchev–Trinajstić information content (AvgIpc) is 2.84. The normalized spacial score (nSPS) is 12.1. The van der Waals surface area contributed by atoms with Crippen LogP contribution < -0.4 is 14.9 Å². The number of halogens is 1. The van der Waals surface area contributed by atoms with Crippen molar-refractivity contribution in [1.82, 2.24) is 10.1 Å². The highest BCUT2D eigenvalue weighted by molar-refractivity contribution is 9.10. The van der Waals surface area contributed by atoms with Crippen LogP contribution in [0.2, 0.25) is 0 Å².